The smallest absolute Gasteiger partial charge is 0.332 e. The van der Waals surface area contributed by atoms with Crippen LogP contribution in [0.1, 0.15) is 11.3 Å². The lowest BCUT2D eigenvalue weighted by molar-refractivity contribution is -0.143. The molecule has 0 amide bonds. The molecule has 0 fully saturated rings. The minimum Gasteiger partial charge on any atom is -0.463 e. The van der Waals surface area contributed by atoms with Gasteiger partial charge in [0.1, 0.15) is 11.6 Å². The fourth-order valence-electron chi connectivity index (χ4n) is 3.32. The van der Waals surface area contributed by atoms with Gasteiger partial charge in [0.2, 0.25) is 0 Å². The summed E-state index contributed by atoms with van der Waals surface area (Å²) in [5.41, 5.74) is 2.54. The average molecular weight is 439 g/mol. The highest BCUT2D eigenvalue weighted by Gasteiger charge is 2.15. The first-order valence-corrected chi connectivity index (χ1v) is 10.5. The number of carbonyl (C=O) groups is 1. The van der Waals surface area contributed by atoms with E-state index in [1.807, 2.05) is 30.5 Å². The first-order chi connectivity index (χ1) is 14.8. The Balaban J connectivity index is 1.39. The molecule has 10 heteroatoms. The molecule has 0 saturated carbocycles. The zero-order valence-corrected chi connectivity index (χ0v) is 18.2. The van der Waals surface area contributed by atoms with Gasteiger partial charge in [0, 0.05) is 25.0 Å². The van der Waals surface area contributed by atoms with Gasteiger partial charge in [0.25, 0.3) is 5.56 Å². The van der Waals surface area contributed by atoms with Crippen LogP contribution in [0.15, 0.2) is 45.6 Å². The molecule has 0 aliphatic heterocycles. The number of carbonyl (C=O) groups excluding carboxylic acids is 1. The Morgan fingerprint density at radius 3 is 2.77 bits per heavy atom. The first-order valence-electron chi connectivity index (χ1n) is 9.63. The van der Waals surface area contributed by atoms with Crippen LogP contribution in [0.25, 0.3) is 21.7 Å². The summed E-state index contributed by atoms with van der Waals surface area (Å²) >= 11 is 1.49. The van der Waals surface area contributed by atoms with E-state index in [2.05, 4.69) is 16.0 Å². The second-order valence-corrected chi connectivity index (χ2v) is 8.08. The number of hydrogen-bond donors (Lipinski definition) is 0. The van der Waals surface area contributed by atoms with Crippen molar-refractivity contribution in [1.29, 1.82) is 0 Å². The van der Waals surface area contributed by atoms with Crippen molar-refractivity contribution < 1.29 is 9.53 Å². The standard InChI is InChI=1S/C21H21N5O4S/c1-13-5-4-6-14(9-13)19-23-15(11-31-19)10-16(27)30-8-7-26-12-22-18-17(26)20(28)25(3)21(29)24(18)2/h4-6,9,11-12H,7-8,10H2,1-3H3. The molecule has 0 saturated heterocycles. The zero-order valence-electron chi connectivity index (χ0n) is 17.4. The Morgan fingerprint density at radius 1 is 1.19 bits per heavy atom. The average Bonchev–Trinajstić information content (AvgIpc) is 3.38. The number of fused-ring (bicyclic) bond motifs is 1. The Hall–Kier alpha value is -3.53. The minimum absolute atomic E-state index is 0.0727. The number of thiazole rings is 1. The molecule has 4 aromatic rings. The number of hydrogen-bond acceptors (Lipinski definition) is 7. The molecule has 3 aromatic heterocycles. The highest BCUT2D eigenvalue weighted by molar-refractivity contribution is 7.13. The molecule has 0 radical (unpaired) electrons. The maximum atomic E-state index is 12.4. The van der Waals surface area contributed by atoms with Gasteiger partial charge >= 0.3 is 11.7 Å². The molecule has 0 unspecified atom stereocenters. The van der Waals surface area contributed by atoms with Crippen LogP contribution in [0.4, 0.5) is 0 Å². The summed E-state index contributed by atoms with van der Waals surface area (Å²) in [7, 11) is 2.97. The Morgan fingerprint density at radius 2 is 2.00 bits per heavy atom. The van der Waals surface area contributed by atoms with E-state index >= 15 is 0 Å². The van der Waals surface area contributed by atoms with Gasteiger partial charge in [-0.15, -0.1) is 11.3 Å². The maximum absolute atomic E-state index is 12.4. The number of nitrogens with zero attached hydrogens (tertiary/aromatic N) is 5. The van der Waals surface area contributed by atoms with Crippen molar-refractivity contribution in [1.82, 2.24) is 23.7 Å². The second kappa shape index (κ2) is 8.31. The molecule has 0 bridgehead atoms. The number of aryl methyl sites for hydroxylation is 2. The van der Waals surface area contributed by atoms with Crippen LogP contribution in [-0.2, 0) is 36.6 Å². The summed E-state index contributed by atoms with van der Waals surface area (Å²) in [6, 6.07) is 8.04. The molecule has 4 rings (SSSR count). The molecule has 0 aliphatic carbocycles. The highest BCUT2D eigenvalue weighted by Crippen LogP contribution is 2.24. The third-order valence-electron chi connectivity index (χ3n) is 4.95. The van der Waals surface area contributed by atoms with Gasteiger partial charge in [0.15, 0.2) is 11.2 Å². The fourth-order valence-corrected chi connectivity index (χ4v) is 4.14. The topological polar surface area (TPSA) is 101 Å². The molecular weight excluding hydrogens is 418 g/mol. The van der Waals surface area contributed by atoms with Crippen LogP contribution in [-0.4, -0.2) is 36.2 Å². The van der Waals surface area contributed by atoms with Crippen LogP contribution >= 0.6 is 11.3 Å². The van der Waals surface area contributed by atoms with E-state index in [9.17, 15) is 14.4 Å². The summed E-state index contributed by atoms with van der Waals surface area (Å²) in [6.45, 7) is 2.35. The van der Waals surface area contributed by atoms with E-state index in [0.717, 1.165) is 20.7 Å². The van der Waals surface area contributed by atoms with E-state index in [1.165, 1.54) is 29.3 Å². The van der Waals surface area contributed by atoms with Gasteiger partial charge in [-0.2, -0.15) is 0 Å². The van der Waals surface area contributed by atoms with Crippen molar-refractivity contribution in [2.75, 3.05) is 6.61 Å². The molecule has 160 valence electrons. The normalized spacial score (nSPS) is 11.2. The second-order valence-electron chi connectivity index (χ2n) is 7.23. The van der Waals surface area contributed by atoms with Crippen LogP contribution < -0.4 is 11.2 Å². The van der Waals surface area contributed by atoms with Gasteiger partial charge in [0.05, 0.1) is 25.0 Å². The summed E-state index contributed by atoms with van der Waals surface area (Å²) in [5, 5.41) is 2.71. The van der Waals surface area contributed by atoms with Crippen LogP contribution in [0, 0.1) is 6.92 Å². The van der Waals surface area contributed by atoms with Gasteiger partial charge in [-0.25, -0.2) is 14.8 Å². The summed E-state index contributed by atoms with van der Waals surface area (Å²) in [5.74, 6) is -0.397. The molecule has 1 aromatic carbocycles. The Kier molecular flexibility index (Phi) is 5.55. The van der Waals surface area contributed by atoms with Crippen molar-refractivity contribution in [3.8, 4) is 10.6 Å². The largest absolute Gasteiger partial charge is 0.463 e. The van der Waals surface area contributed by atoms with E-state index in [1.54, 1.807) is 11.6 Å². The van der Waals surface area contributed by atoms with E-state index in [0.29, 0.717) is 16.9 Å². The third-order valence-corrected chi connectivity index (χ3v) is 5.89. The molecule has 3 heterocycles. The van der Waals surface area contributed by atoms with Crippen molar-refractivity contribution in [3.63, 3.8) is 0 Å². The maximum Gasteiger partial charge on any atom is 0.332 e. The van der Waals surface area contributed by atoms with E-state index < -0.39 is 17.2 Å². The summed E-state index contributed by atoms with van der Waals surface area (Å²) in [4.78, 5) is 45.3. The van der Waals surface area contributed by atoms with Crippen LogP contribution in [0.5, 0.6) is 0 Å². The van der Waals surface area contributed by atoms with E-state index in [-0.39, 0.29) is 19.6 Å². The SMILES string of the molecule is Cc1cccc(-c2nc(CC(=O)OCCn3cnc4c3c(=O)n(C)c(=O)n4C)cs2)c1. The molecular formula is C21H21N5O4S. The molecule has 0 spiro atoms. The van der Waals surface area contributed by atoms with E-state index in [4.69, 9.17) is 4.74 Å². The monoisotopic (exact) mass is 439 g/mol. The van der Waals surface area contributed by atoms with Crippen molar-refractivity contribution >= 4 is 28.5 Å². The predicted octanol–water partition coefficient (Wildman–Crippen LogP) is 1.65. The van der Waals surface area contributed by atoms with Gasteiger partial charge < -0.3 is 9.30 Å². The fraction of sp³-hybridized carbons (Fsp3) is 0.286. The quantitative estimate of drug-likeness (QED) is 0.424. The third kappa shape index (κ3) is 4.06. The van der Waals surface area contributed by atoms with Gasteiger partial charge in [-0.05, 0) is 13.0 Å². The number of esters is 1. The van der Waals surface area contributed by atoms with Crippen LogP contribution in [0.2, 0.25) is 0 Å². The number of benzene rings is 1. The number of imidazole rings is 1. The number of rotatable bonds is 6. The number of aromatic nitrogens is 5. The Labute approximate surface area is 181 Å². The lowest BCUT2D eigenvalue weighted by atomic mass is 10.1. The molecule has 31 heavy (non-hydrogen) atoms. The Bertz CT molecular complexity index is 1400. The van der Waals surface area contributed by atoms with Crippen molar-refractivity contribution in [3.05, 3.63) is 68.1 Å². The van der Waals surface area contributed by atoms with Crippen molar-refractivity contribution in [2.24, 2.45) is 14.1 Å². The molecule has 0 atom stereocenters. The molecule has 0 aliphatic rings. The minimum atomic E-state index is -0.442. The molecule has 9 nitrogen and oxygen atoms in total. The lowest BCUT2D eigenvalue weighted by Gasteiger charge is -2.07. The predicted molar refractivity (Wildman–Crippen MR) is 117 cm³/mol. The summed E-state index contributed by atoms with van der Waals surface area (Å²) in [6.07, 6.45) is 1.54. The summed E-state index contributed by atoms with van der Waals surface area (Å²) < 4.78 is 9.25. The highest BCUT2D eigenvalue weighted by atomic mass is 32.1. The first kappa shape index (κ1) is 20.7. The van der Waals surface area contributed by atoms with Gasteiger partial charge in [-0.1, -0.05) is 23.8 Å². The molecule has 0 N–H and O–H groups in total. The van der Waals surface area contributed by atoms with Gasteiger partial charge in [-0.3, -0.25) is 18.7 Å². The number of ether oxygens (including phenoxy) is 1. The van der Waals surface area contributed by atoms with Crippen LogP contribution in [0.3, 0.4) is 0 Å². The lowest BCUT2D eigenvalue weighted by Crippen LogP contribution is -2.37. The zero-order chi connectivity index (χ0) is 22.1. The van der Waals surface area contributed by atoms with Crippen molar-refractivity contribution in [2.45, 2.75) is 19.9 Å².